The van der Waals surface area contributed by atoms with Gasteiger partial charge in [0.25, 0.3) is 0 Å². The monoisotopic (exact) mass is 213 g/mol. The molecule has 0 aromatic rings. The molecule has 15 heavy (non-hydrogen) atoms. The highest BCUT2D eigenvalue weighted by molar-refractivity contribution is 5.79. The van der Waals surface area contributed by atoms with Gasteiger partial charge < -0.3 is 15.5 Å². The van der Waals surface area contributed by atoms with Crippen LogP contribution in [0, 0.1) is 0 Å². The molecule has 0 radical (unpaired) electrons. The molecule has 1 rings (SSSR count). The summed E-state index contributed by atoms with van der Waals surface area (Å²) >= 11 is 0. The zero-order chi connectivity index (χ0) is 11.3. The lowest BCUT2D eigenvalue weighted by Gasteiger charge is -2.16. The maximum Gasteiger partial charge on any atom is 0.236 e. The number of carbonyl (C=O) groups excluding carboxylic acids is 2. The van der Waals surface area contributed by atoms with Crippen LogP contribution >= 0.6 is 0 Å². The van der Waals surface area contributed by atoms with Gasteiger partial charge >= 0.3 is 0 Å². The van der Waals surface area contributed by atoms with E-state index in [-0.39, 0.29) is 17.9 Å². The second kappa shape index (κ2) is 5.70. The van der Waals surface area contributed by atoms with Crippen LogP contribution in [0.3, 0.4) is 0 Å². The van der Waals surface area contributed by atoms with Crippen molar-refractivity contribution >= 4 is 11.8 Å². The van der Waals surface area contributed by atoms with E-state index < -0.39 is 0 Å². The van der Waals surface area contributed by atoms with Crippen LogP contribution in [0.5, 0.6) is 0 Å². The molecule has 1 aliphatic rings. The summed E-state index contributed by atoms with van der Waals surface area (Å²) in [6.07, 6.45) is 1.47. The number of nitrogens with one attached hydrogen (secondary N) is 2. The first-order chi connectivity index (χ1) is 7.13. The van der Waals surface area contributed by atoms with Crippen LogP contribution < -0.4 is 10.6 Å². The Morgan fingerprint density at radius 1 is 1.67 bits per heavy atom. The van der Waals surface area contributed by atoms with E-state index in [1.807, 2.05) is 6.92 Å². The lowest BCUT2D eigenvalue weighted by Crippen LogP contribution is -2.41. The first-order valence-corrected chi connectivity index (χ1v) is 5.37. The van der Waals surface area contributed by atoms with Crippen LogP contribution in [-0.4, -0.2) is 49.4 Å². The molecule has 0 aromatic carbocycles. The molecule has 0 saturated carbocycles. The fraction of sp³-hybridized carbons (Fsp3) is 0.800. The van der Waals surface area contributed by atoms with Gasteiger partial charge in [0.05, 0.1) is 6.54 Å². The third-order valence-corrected chi connectivity index (χ3v) is 2.65. The maximum atomic E-state index is 11.4. The standard InChI is InChI=1S/C10H19N3O2/c1-3-13(2)10(15)7-11-6-8-4-5-9(14)12-8/h8,11H,3-7H2,1-2H3,(H,12,14). The Bertz CT molecular complexity index is 243. The Labute approximate surface area is 90.2 Å². The number of carbonyl (C=O) groups is 2. The number of hydrogen-bond donors (Lipinski definition) is 2. The molecule has 0 aliphatic carbocycles. The summed E-state index contributed by atoms with van der Waals surface area (Å²) in [4.78, 5) is 23.9. The molecular weight excluding hydrogens is 194 g/mol. The molecular formula is C10H19N3O2. The van der Waals surface area contributed by atoms with Crippen LogP contribution in [-0.2, 0) is 9.59 Å². The zero-order valence-electron chi connectivity index (χ0n) is 9.38. The van der Waals surface area contributed by atoms with E-state index in [4.69, 9.17) is 0 Å². The highest BCUT2D eigenvalue weighted by Gasteiger charge is 2.20. The molecule has 0 spiro atoms. The first-order valence-electron chi connectivity index (χ1n) is 5.37. The minimum atomic E-state index is 0.0850. The van der Waals surface area contributed by atoms with Crippen molar-refractivity contribution < 1.29 is 9.59 Å². The molecule has 0 aromatic heterocycles. The minimum absolute atomic E-state index is 0.0850. The van der Waals surface area contributed by atoms with Gasteiger partial charge in [-0.2, -0.15) is 0 Å². The summed E-state index contributed by atoms with van der Waals surface area (Å²) in [5.74, 6) is 0.195. The molecule has 2 N–H and O–H groups in total. The minimum Gasteiger partial charge on any atom is -0.352 e. The van der Waals surface area contributed by atoms with Gasteiger partial charge in [-0.1, -0.05) is 0 Å². The van der Waals surface area contributed by atoms with E-state index >= 15 is 0 Å². The van der Waals surface area contributed by atoms with E-state index in [1.54, 1.807) is 11.9 Å². The van der Waals surface area contributed by atoms with Gasteiger partial charge in [-0.15, -0.1) is 0 Å². The fourth-order valence-corrected chi connectivity index (χ4v) is 1.50. The van der Waals surface area contributed by atoms with Gasteiger partial charge in [-0.05, 0) is 13.3 Å². The predicted molar refractivity (Wildman–Crippen MR) is 57.3 cm³/mol. The van der Waals surface area contributed by atoms with Gasteiger partial charge in [-0.25, -0.2) is 0 Å². The van der Waals surface area contributed by atoms with Gasteiger partial charge in [0, 0.05) is 32.6 Å². The van der Waals surface area contributed by atoms with Crippen molar-refractivity contribution in [2.45, 2.75) is 25.8 Å². The molecule has 1 aliphatic heterocycles. The molecule has 5 nitrogen and oxygen atoms in total. The maximum absolute atomic E-state index is 11.4. The number of nitrogens with zero attached hydrogens (tertiary/aromatic N) is 1. The smallest absolute Gasteiger partial charge is 0.236 e. The second-order valence-electron chi connectivity index (χ2n) is 3.84. The molecule has 1 fully saturated rings. The Balaban J connectivity index is 2.11. The van der Waals surface area contributed by atoms with Crippen molar-refractivity contribution in [3.05, 3.63) is 0 Å². The third kappa shape index (κ3) is 3.87. The highest BCUT2D eigenvalue weighted by Crippen LogP contribution is 2.04. The van der Waals surface area contributed by atoms with E-state index in [9.17, 15) is 9.59 Å². The summed E-state index contributed by atoms with van der Waals surface area (Å²) < 4.78 is 0. The number of rotatable bonds is 5. The Kier molecular flexibility index (Phi) is 4.55. The molecule has 1 atom stereocenters. The predicted octanol–water partition coefficient (Wildman–Crippen LogP) is -0.667. The molecule has 2 amide bonds. The topological polar surface area (TPSA) is 61.4 Å². The molecule has 1 unspecified atom stereocenters. The quantitative estimate of drug-likeness (QED) is 0.637. The van der Waals surface area contributed by atoms with Gasteiger partial charge in [0.15, 0.2) is 0 Å². The van der Waals surface area contributed by atoms with Crippen LogP contribution in [0.15, 0.2) is 0 Å². The molecule has 5 heteroatoms. The van der Waals surface area contributed by atoms with Crippen molar-refractivity contribution in [2.24, 2.45) is 0 Å². The summed E-state index contributed by atoms with van der Waals surface area (Å²) in [6.45, 7) is 3.68. The summed E-state index contributed by atoms with van der Waals surface area (Å²) in [6, 6.07) is 0.192. The van der Waals surface area contributed by atoms with Crippen molar-refractivity contribution in [3.8, 4) is 0 Å². The molecule has 1 heterocycles. The largest absolute Gasteiger partial charge is 0.352 e. The molecule has 0 bridgehead atoms. The van der Waals surface area contributed by atoms with Crippen molar-refractivity contribution in [1.82, 2.24) is 15.5 Å². The summed E-state index contributed by atoms with van der Waals surface area (Å²) in [5, 5.41) is 5.90. The van der Waals surface area contributed by atoms with E-state index in [2.05, 4.69) is 10.6 Å². The second-order valence-corrected chi connectivity index (χ2v) is 3.84. The SMILES string of the molecule is CCN(C)C(=O)CNCC1CCC(=O)N1. The Hall–Kier alpha value is -1.10. The van der Waals surface area contributed by atoms with Gasteiger partial charge in [-0.3, -0.25) is 9.59 Å². The van der Waals surface area contributed by atoms with Crippen LogP contribution in [0.4, 0.5) is 0 Å². The highest BCUT2D eigenvalue weighted by atomic mass is 16.2. The van der Waals surface area contributed by atoms with Crippen molar-refractivity contribution in [2.75, 3.05) is 26.7 Å². The van der Waals surface area contributed by atoms with Crippen LogP contribution in [0.1, 0.15) is 19.8 Å². The van der Waals surface area contributed by atoms with Crippen molar-refractivity contribution in [1.29, 1.82) is 0 Å². The van der Waals surface area contributed by atoms with Gasteiger partial charge in [0.1, 0.15) is 0 Å². The zero-order valence-corrected chi connectivity index (χ0v) is 9.38. The van der Waals surface area contributed by atoms with Gasteiger partial charge in [0.2, 0.25) is 11.8 Å². The Morgan fingerprint density at radius 2 is 2.40 bits per heavy atom. The van der Waals surface area contributed by atoms with E-state index in [0.717, 1.165) is 13.0 Å². The lowest BCUT2D eigenvalue weighted by atomic mass is 10.2. The normalized spacial score (nSPS) is 20.1. The number of hydrogen-bond acceptors (Lipinski definition) is 3. The Morgan fingerprint density at radius 3 is 2.93 bits per heavy atom. The van der Waals surface area contributed by atoms with Crippen LogP contribution in [0.25, 0.3) is 0 Å². The molecule has 1 saturated heterocycles. The van der Waals surface area contributed by atoms with E-state index in [1.165, 1.54) is 0 Å². The van der Waals surface area contributed by atoms with Crippen LogP contribution in [0.2, 0.25) is 0 Å². The summed E-state index contributed by atoms with van der Waals surface area (Å²) in [5.41, 5.74) is 0. The third-order valence-electron chi connectivity index (χ3n) is 2.65. The number of likely N-dealkylation sites (N-methyl/N-ethyl adjacent to an activating group) is 1. The fourth-order valence-electron chi connectivity index (χ4n) is 1.50. The van der Waals surface area contributed by atoms with Crippen molar-refractivity contribution in [3.63, 3.8) is 0 Å². The number of amides is 2. The first kappa shape index (κ1) is 12.0. The summed E-state index contributed by atoms with van der Waals surface area (Å²) in [7, 11) is 1.78. The lowest BCUT2D eigenvalue weighted by molar-refractivity contribution is -0.128. The molecule has 86 valence electrons. The van der Waals surface area contributed by atoms with E-state index in [0.29, 0.717) is 19.5 Å². The average molecular weight is 213 g/mol. The average Bonchev–Trinajstić information content (AvgIpc) is 2.63.